The Labute approximate surface area is 277 Å². The number of hydrogen-bond donors (Lipinski definition) is 0. The fourth-order valence-corrected chi connectivity index (χ4v) is 7.36. The molecule has 7 aromatic carbocycles. The Morgan fingerprint density at radius 2 is 0.938 bits per heavy atom. The van der Waals surface area contributed by atoms with Gasteiger partial charge in [0.15, 0.2) is 0 Å². The molecule has 4 nitrogen and oxygen atoms in total. The standard InChI is InChI=1S/C44H26N4/c45-27-29-23-24-33(30-11-9-13-32(26-30)47-40-19-5-1-14-34(40)35-15-2-6-20-41(35)47)39(25-29)38-18-10-12-31(28-46)44(38)48-42-21-7-3-16-36(42)37-17-4-8-22-43(37)48/h1-26H. The van der Waals surface area contributed by atoms with Crippen LogP contribution in [0.15, 0.2) is 158 Å². The van der Waals surface area contributed by atoms with Crippen LogP contribution in [0, 0.1) is 22.7 Å². The maximum atomic E-state index is 10.5. The monoisotopic (exact) mass is 610 g/mol. The molecule has 0 radical (unpaired) electrons. The summed E-state index contributed by atoms with van der Waals surface area (Å²) in [6, 6.07) is 58.8. The second-order valence-corrected chi connectivity index (χ2v) is 12.0. The average Bonchev–Trinajstić information content (AvgIpc) is 3.67. The lowest BCUT2D eigenvalue weighted by molar-refractivity contribution is 1.17. The van der Waals surface area contributed by atoms with Crippen molar-refractivity contribution >= 4 is 43.6 Å². The van der Waals surface area contributed by atoms with Gasteiger partial charge in [0.2, 0.25) is 0 Å². The van der Waals surface area contributed by atoms with Gasteiger partial charge in [-0.3, -0.25) is 0 Å². The number of para-hydroxylation sites is 5. The maximum Gasteiger partial charge on any atom is 0.101 e. The third kappa shape index (κ3) is 4.07. The summed E-state index contributed by atoms with van der Waals surface area (Å²) < 4.78 is 4.52. The van der Waals surface area contributed by atoms with Crippen LogP contribution in [0.2, 0.25) is 0 Å². The molecule has 0 unspecified atom stereocenters. The van der Waals surface area contributed by atoms with Crippen molar-refractivity contribution in [3.63, 3.8) is 0 Å². The number of aromatic nitrogens is 2. The first-order valence-electron chi connectivity index (χ1n) is 15.9. The Balaban J connectivity index is 1.32. The fraction of sp³-hybridized carbons (Fsp3) is 0. The van der Waals surface area contributed by atoms with E-state index in [1.165, 1.54) is 10.8 Å². The van der Waals surface area contributed by atoms with Gasteiger partial charge < -0.3 is 9.13 Å². The van der Waals surface area contributed by atoms with E-state index in [0.29, 0.717) is 11.1 Å². The molecule has 0 atom stereocenters. The lowest BCUT2D eigenvalue weighted by Crippen LogP contribution is -2.02. The molecular formula is C44H26N4. The summed E-state index contributed by atoms with van der Waals surface area (Å²) in [5.41, 5.74) is 11.1. The summed E-state index contributed by atoms with van der Waals surface area (Å²) in [4.78, 5) is 0. The van der Waals surface area contributed by atoms with Crippen LogP contribution in [0.5, 0.6) is 0 Å². The highest BCUT2D eigenvalue weighted by molar-refractivity contribution is 6.11. The van der Waals surface area contributed by atoms with E-state index in [9.17, 15) is 10.5 Å². The van der Waals surface area contributed by atoms with Crippen LogP contribution in [0.25, 0.3) is 77.2 Å². The normalized spacial score (nSPS) is 11.3. The molecule has 2 aromatic heterocycles. The smallest absolute Gasteiger partial charge is 0.101 e. The molecule has 0 bridgehead atoms. The van der Waals surface area contributed by atoms with Crippen molar-refractivity contribution in [3.8, 4) is 45.8 Å². The summed E-state index contributed by atoms with van der Waals surface area (Å²) in [6.45, 7) is 0. The van der Waals surface area contributed by atoms with Crippen LogP contribution in [0.4, 0.5) is 0 Å². The van der Waals surface area contributed by atoms with Crippen LogP contribution in [0.3, 0.4) is 0 Å². The van der Waals surface area contributed by atoms with E-state index in [1.807, 2.05) is 42.5 Å². The van der Waals surface area contributed by atoms with Gasteiger partial charge in [0.1, 0.15) is 6.07 Å². The molecule has 2 heterocycles. The molecule has 0 aliphatic carbocycles. The van der Waals surface area contributed by atoms with Gasteiger partial charge in [-0.15, -0.1) is 0 Å². The second kappa shape index (κ2) is 10.9. The van der Waals surface area contributed by atoms with Gasteiger partial charge in [-0.05, 0) is 71.3 Å². The summed E-state index contributed by atoms with van der Waals surface area (Å²) in [7, 11) is 0. The molecule has 222 valence electrons. The minimum absolute atomic E-state index is 0.558. The number of benzene rings is 7. The number of hydrogen-bond acceptors (Lipinski definition) is 2. The lowest BCUT2D eigenvalue weighted by Gasteiger charge is -2.19. The van der Waals surface area contributed by atoms with Gasteiger partial charge in [0.25, 0.3) is 0 Å². The van der Waals surface area contributed by atoms with E-state index in [2.05, 4.69) is 137 Å². The largest absolute Gasteiger partial charge is 0.309 e. The van der Waals surface area contributed by atoms with Gasteiger partial charge in [-0.2, -0.15) is 10.5 Å². The minimum atomic E-state index is 0.558. The van der Waals surface area contributed by atoms with E-state index in [4.69, 9.17) is 0 Å². The first-order chi connectivity index (χ1) is 23.7. The third-order valence-corrected chi connectivity index (χ3v) is 9.39. The van der Waals surface area contributed by atoms with Crippen LogP contribution in [-0.2, 0) is 0 Å². The van der Waals surface area contributed by atoms with Crippen LogP contribution >= 0.6 is 0 Å². The molecule has 48 heavy (non-hydrogen) atoms. The SMILES string of the molecule is N#Cc1ccc(-c2cccc(-n3c4ccccc4c4ccccc43)c2)c(-c2cccc(C#N)c2-n2c3ccccc3c3ccccc32)c1. The molecule has 0 aliphatic rings. The van der Waals surface area contributed by atoms with Crippen molar-refractivity contribution in [2.75, 3.05) is 0 Å². The minimum Gasteiger partial charge on any atom is -0.309 e. The van der Waals surface area contributed by atoms with Crippen molar-refractivity contribution in [1.82, 2.24) is 9.13 Å². The second-order valence-electron chi connectivity index (χ2n) is 12.0. The zero-order valence-electron chi connectivity index (χ0n) is 25.8. The first-order valence-corrected chi connectivity index (χ1v) is 15.9. The highest BCUT2D eigenvalue weighted by Crippen LogP contribution is 2.42. The Morgan fingerprint density at radius 3 is 1.50 bits per heavy atom. The Bertz CT molecular complexity index is 2710. The molecule has 0 fully saturated rings. The average molecular weight is 611 g/mol. The number of rotatable bonds is 4. The van der Waals surface area contributed by atoms with Gasteiger partial charge in [-0.1, -0.05) is 103 Å². The zero-order chi connectivity index (χ0) is 32.2. The topological polar surface area (TPSA) is 57.4 Å². The Hall–Kier alpha value is -6.88. The third-order valence-electron chi connectivity index (χ3n) is 9.39. The van der Waals surface area contributed by atoms with Gasteiger partial charge in [-0.25, -0.2) is 0 Å². The Morgan fingerprint density at radius 1 is 0.396 bits per heavy atom. The van der Waals surface area contributed by atoms with Crippen LogP contribution in [0.1, 0.15) is 11.1 Å². The molecular weight excluding hydrogens is 585 g/mol. The van der Waals surface area contributed by atoms with Crippen molar-refractivity contribution in [2.24, 2.45) is 0 Å². The molecule has 0 amide bonds. The van der Waals surface area contributed by atoms with Crippen molar-refractivity contribution in [2.45, 2.75) is 0 Å². The van der Waals surface area contributed by atoms with Crippen LogP contribution < -0.4 is 0 Å². The molecule has 0 saturated carbocycles. The van der Waals surface area contributed by atoms with E-state index < -0.39 is 0 Å². The number of nitriles is 2. The number of nitrogens with zero attached hydrogens (tertiary/aromatic N) is 4. The van der Waals surface area contributed by atoms with E-state index in [-0.39, 0.29) is 0 Å². The summed E-state index contributed by atoms with van der Waals surface area (Å²) in [5.74, 6) is 0. The van der Waals surface area contributed by atoms with E-state index in [0.717, 1.165) is 66.5 Å². The van der Waals surface area contributed by atoms with Crippen molar-refractivity contribution in [3.05, 3.63) is 169 Å². The zero-order valence-corrected chi connectivity index (χ0v) is 25.8. The van der Waals surface area contributed by atoms with Gasteiger partial charge in [0, 0.05) is 32.8 Å². The fourth-order valence-electron chi connectivity index (χ4n) is 7.36. The lowest BCUT2D eigenvalue weighted by atomic mass is 9.90. The molecule has 0 spiro atoms. The quantitative estimate of drug-likeness (QED) is 0.199. The number of fused-ring (bicyclic) bond motifs is 6. The van der Waals surface area contributed by atoms with Crippen molar-refractivity contribution in [1.29, 1.82) is 10.5 Å². The summed E-state index contributed by atoms with van der Waals surface area (Å²) in [6.07, 6.45) is 0. The van der Waals surface area contributed by atoms with Crippen molar-refractivity contribution < 1.29 is 0 Å². The maximum absolute atomic E-state index is 10.5. The Kier molecular flexibility index (Phi) is 6.22. The molecule has 0 aliphatic heterocycles. The highest BCUT2D eigenvalue weighted by Gasteiger charge is 2.21. The summed E-state index contributed by atoms with van der Waals surface area (Å²) in [5, 5.41) is 25.2. The van der Waals surface area contributed by atoms with E-state index >= 15 is 0 Å². The predicted molar refractivity (Wildman–Crippen MR) is 195 cm³/mol. The molecule has 9 aromatic rings. The van der Waals surface area contributed by atoms with Crippen LogP contribution in [-0.4, -0.2) is 9.13 Å². The molecule has 9 rings (SSSR count). The molecule has 0 saturated heterocycles. The first kappa shape index (κ1) is 27.4. The highest BCUT2D eigenvalue weighted by atomic mass is 15.0. The van der Waals surface area contributed by atoms with Gasteiger partial charge in [0.05, 0.1) is 45.0 Å². The molecule has 0 N–H and O–H groups in total. The van der Waals surface area contributed by atoms with Gasteiger partial charge >= 0.3 is 0 Å². The molecule has 4 heteroatoms. The van der Waals surface area contributed by atoms with E-state index in [1.54, 1.807) is 0 Å². The predicted octanol–water partition coefficient (Wildman–Crippen LogP) is 11.0. The summed E-state index contributed by atoms with van der Waals surface area (Å²) >= 11 is 0.